The number of carbonyl (C=O) groups is 1. The number of hydrogen-bond acceptors (Lipinski definition) is 4. The molecule has 1 atom stereocenters. The molecule has 0 bridgehead atoms. The Bertz CT molecular complexity index is 1020. The Kier molecular flexibility index (Phi) is 9.95. The first-order valence-corrected chi connectivity index (χ1v) is 12.9. The fourth-order valence-electron chi connectivity index (χ4n) is 3.82. The predicted octanol–water partition coefficient (Wildman–Crippen LogP) is 6.69. The lowest BCUT2D eigenvalue weighted by Crippen LogP contribution is -2.49. The quantitative estimate of drug-likeness (QED) is 0.128. The number of halogens is 3. The lowest BCUT2D eigenvalue weighted by Gasteiger charge is -2.39. The minimum absolute atomic E-state index is 0.0501. The van der Waals surface area contributed by atoms with E-state index in [0.717, 1.165) is 35.6 Å². The topological polar surface area (TPSA) is 58.6 Å². The first kappa shape index (κ1) is 27.1. The average Bonchev–Trinajstić information content (AvgIpc) is 3.66. The van der Waals surface area contributed by atoms with Gasteiger partial charge in [0, 0.05) is 43.2 Å². The molecule has 182 valence electrons. The van der Waals surface area contributed by atoms with Crippen molar-refractivity contribution in [3.05, 3.63) is 92.0 Å². The molecule has 1 unspecified atom stereocenters. The highest BCUT2D eigenvalue weighted by molar-refractivity contribution is 9.11. The van der Waals surface area contributed by atoms with E-state index in [9.17, 15) is 9.90 Å². The Morgan fingerprint density at radius 2 is 2.03 bits per heavy atom. The summed E-state index contributed by atoms with van der Waals surface area (Å²) in [6.45, 7) is 2.89. The molecule has 0 radical (unpaired) electrons. The van der Waals surface area contributed by atoms with Gasteiger partial charge in [-0.2, -0.15) is 0 Å². The van der Waals surface area contributed by atoms with Crippen LogP contribution in [0.4, 0.5) is 0 Å². The van der Waals surface area contributed by atoms with E-state index in [1.165, 1.54) is 0 Å². The fourth-order valence-corrected chi connectivity index (χ4v) is 4.46. The molecular formula is C27H30BrCl2NO3. The average molecular weight is 567 g/mol. The highest BCUT2D eigenvalue weighted by Gasteiger charge is 2.47. The molecule has 2 aliphatic rings. The van der Waals surface area contributed by atoms with Crippen LogP contribution in [0.2, 0.25) is 5.02 Å². The number of hydrogen-bond donors (Lipinski definition) is 2. The van der Waals surface area contributed by atoms with E-state index in [-0.39, 0.29) is 12.0 Å². The zero-order valence-corrected chi connectivity index (χ0v) is 22.3. The Hall–Kier alpha value is -1.47. The molecule has 1 aromatic rings. The predicted molar refractivity (Wildman–Crippen MR) is 143 cm³/mol. The molecule has 2 aliphatic carbocycles. The third-order valence-electron chi connectivity index (χ3n) is 6.15. The molecule has 0 aromatic heterocycles. The molecule has 34 heavy (non-hydrogen) atoms. The number of carbonyl (C=O) groups excluding carboxylic acids is 1. The summed E-state index contributed by atoms with van der Waals surface area (Å²) in [7, 11) is 0. The molecule has 0 spiro atoms. The summed E-state index contributed by atoms with van der Waals surface area (Å²) >= 11 is 16.5. The van der Waals surface area contributed by atoms with E-state index in [1.54, 1.807) is 18.2 Å². The van der Waals surface area contributed by atoms with Crippen LogP contribution in [-0.2, 0) is 15.3 Å². The van der Waals surface area contributed by atoms with Gasteiger partial charge >= 0.3 is 0 Å². The van der Waals surface area contributed by atoms with E-state index in [0.29, 0.717) is 40.8 Å². The van der Waals surface area contributed by atoms with Gasteiger partial charge in [-0.3, -0.25) is 10.1 Å². The Morgan fingerprint density at radius 3 is 2.65 bits per heavy atom. The smallest absolute Gasteiger partial charge is 0.173 e. The lowest BCUT2D eigenvalue weighted by atomic mass is 9.88. The van der Waals surface area contributed by atoms with Crippen LogP contribution >= 0.6 is 39.1 Å². The van der Waals surface area contributed by atoms with Crippen LogP contribution in [0.3, 0.4) is 0 Å². The van der Waals surface area contributed by atoms with E-state index >= 15 is 0 Å². The summed E-state index contributed by atoms with van der Waals surface area (Å²) in [5, 5.41) is 14.5. The summed E-state index contributed by atoms with van der Waals surface area (Å²) in [5.74, 6) is 0. The number of nitrogens with one attached hydrogen (secondary N) is 1. The van der Waals surface area contributed by atoms with Gasteiger partial charge in [0.25, 0.3) is 0 Å². The van der Waals surface area contributed by atoms with Crippen LogP contribution in [0, 0.1) is 5.41 Å². The van der Waals surface area contributed by atoms with Crippen molar-refractivity contribution < 1.29 is 14.6 Å². The van der Waals surface area contributed by atoms with E-state index in [2.05, 4.69) is 27.3 Å². The molecule has 1 aromatic carbocycles. The van der Waals surface area contributed by atoms with Crippen molar-refractivity contribution >= 4 is 45.4 Å². The van der Waals surface area contributed by atoms with E-state index in [1.807, 2.05) is 43.4 Å². The molecule has 7 heteroatoms. The van der Waals surface area contributed by atoms with Crippen molar-refractivity contribution in [1.29, 1.82) is 0 Å². The third-order valence-corrected chi connectivity index (χ3v) is 7.44. The Labute approximate surface area is 220 Å². The number of aliphatic hydroxyl groups is 1. The summed E-state index contributed by atoms with van der Waals surface area (Å²) in [6.07, 6.45) is 15.3. The van der Waals surface area contributed by atoms with Crippen LogP contribution in [-0.4, -0.2) is 31.2 Å². The first-order chi connectivity index (χ1) is 16.4. The monoisotopic (exact) mass is 565 g/mol. The van der Waals surface area contributed by atoms with Crippen LogP contribution in [0.5, 0.6) is 0 Å². The van der Waals surface area contributed by atoms with Gasteiger partial charge in [0.1, 0.15) is 6.29 Å². The summed E-state index contributed by atoms with van der Waals surface area (Å²) in [5.41, 5.74) is 0.447. The first-order valence-electron chi connectivity index (χ1n) is 11.4. The summed E-state index contributed by atoms with van der Waals surface area (Å²) < 4.78 is 7.69. The van der Waals surface area contributed by atoms with Crippen molar-refractivity contribution in [2.45, 2.75) is 38.3 Å². The standard InChI is InChI=1S/C27H30BrCl2NO3/c1-2-22(28)8-5-6-16-31-27(21-10-12-23(29)13-11-21,34-19-26(18-33)14-15-26)25-20(17-32)7-3-4-9-24(25)30/h2-5,8-13,17,31,33H,6-7,14-16,18-19H2,1H3/b8-5-,22-2+. The number of allylic oxidation sites excluding steroid dienone is 7. The summed E-state index contributed by atoms with van der Waals surface area (Å²) in [6, 6.07) is 7.37. The maximum atomic E-state index is 12.2. The molecule has 0 amide bonds. The Balaban J connectivity index is 2.08. The van der Waals surface area contributed by atoms with Gasteiger partial charge in [-0.25, -0.2) is 0 Å². The van der Waals surface area contributed by atoms with Gasteiger partial charge in [-0.1, -0.05) is 81.6 Å². The zero-order valence-electron chi connectivity index (χ0n) is 19.2. The van der Waals surface area contributed by atoms with Crippen molar-refractivity contribution in [1.82, 2.24) is 5.32 Å². The van der Waals surface area contributed by atoms with Gasteiger partial charge in [-0.05, 0) is 50.8 Å². The van der Waals surface area contributed by atoms with Crippen molar-refractivity contribution in [3.63, 3.8) is 0 Å². The molecular weight excluding hydrogens is 537 g/mol. The second-order valence-corrected chi connectivity index (χ2v) is 10.4. The van der Waals surface area contributed by atoms with Crippen molar-refractivity contribution in [3.8, 4) is 0 Å². The van der Waals surface area contributed by atoms with Gasteiger partial charge < -0.3 is 9.84 Å². The largest absolute Gasteiger partial charge is 0.396 e. The van der Waals surface area contributed by atoms with E-state index in [4.69, 9.17) is 27.9 Å². The maximum absolute atomic E-state index is 12.2. The highest BCUT2D eigenvalue weighted by Crippen LogP contribution is 2.48. The lowest BCUT2D eigenvalue weighted by molar-refractivity contribution is -0.105. The van der Waals surface area contributed by atoms with Gasteiger partial charge in [0.2, 0.25) is 0 Å². The maximum Gasteiger partial charge on any atom is 0.173 e. The molecule has 0 aliphatic heterocycles. The van der Waals surface area contributed by atoms with E-state index < -0.39 is 5.72 Å². The minimum atomic E-state index is -1.20. The van der Waals surface area contributed by atoms with Crippen LogP contribution in [0.15, 0.2) is 81.4 Å². The van der Waals surface area contributed by atoms with Crippen molar-refractivity contribution in [2.24, 2.45) is 5.41 Å². The highest BCUT2D eigenvalue weighted by atomic mass is 79.9. The Morgan fingerprint density at radius 1 is 1.29 bits per heavy atom. The number of benzene rings is 1. The van der Waals surface area contributed by atoms with Crippen LogP contribution in [0.25, 0.3) is 0 Å². The van der Waals surface area contributed by atoms with Gasteiger partial charge in [0.05, 0.1) is 13.2 Å². The normalized spacial score (nSPS) is 19.7. The molecule has 0 heterocycles. The van der Waals surface area contributed by atoms with Crippen LogP contribution < -0.4 is 5.32 Å². The molecule has 2 N–H and O–H groups in total. The SMILES string of the molecule is C/C=C(Br)\C=C/CCNC(OCC1(CO)CC1)(C1=C(C=O)CC=CC=C1Cl)c1ccc(Cl)cc1. The fraction of sp³-hybridized carbons (Fsp3) is 0.370. The molecule has 3 rings (SSSR count). The van der Waals surface area contributed by atoms with Gasteiger partial charge in [0.15, 0.2) is 5.72 Å². The third kappa shape index (κ3) is 6.60. The second-order valence-electron chi connectivity index (χ2n) is 8.59. The number of aliphatic hydroxyl groups excluding tert-OH is 1. The molecule has 1 saturated carbocycles. The molecule has 4 nitrogen and oxygen atoms in total. The van der Waals surface area contributed by atoms with Gasteiger partial charge in [-0.15, -0.1) is 0 Å². The number of aldehydes is 1. The molecule has 1 fully saturated rings. The minimum Gasteiger partial charge on any atom is -0.396 e. The summed E-state index contributed by atoms with van der Waals surface area (Å²) in [4.78, 5) is 12.2. The number of rotatable bonds is 12. The second kappa shape index (κ2) is 12.5. The number of ether oxygens (including phenoxy) is 1. The van der Waals surface area contributed by atoms with Crippen LogP contribution in [0.1, 0.15) is 38.2 Å². The van der Waals surface area contributed by atoms with Crippen molar-refractivity contribution in [2.75, 3.05) is 19.8 Å². The zero-order chi connectivity index (χ0) is 24.6. The molecule has 0 saturated heterocycles.